The van der Waals surface area contributed by atoms with Gasteiger partial charge < -0.3 is 19.5 Å². The van der Waals surface area contributed by atoms with Crippen LogP contribution in [0.2, 0.25) is 0 Å². The number of amides is 1. The quantitative estimate of drug-likeness (QED) is 0.363. The Kier molecular flexibility index (Phi) is 5.85. The standard InChI is InChI=1S/C24H21N3O5/c1-31-17-9-5-10-18(32-2)19(17)22(28)20-21(15-7-6-11-25-13-15)27(24(30)23(20)29)14-16-8-3-4-12-26-16/h3-13,21,28H,14H2,1-2H3/b22-20+. The molecule has 0 radical (unpaired) electrons. The summed E-state index contributed by atoms with van der Waals surface area (Å²) < 4.78 is 10.8. The van der Waals surface area contributed by atoms with Crippen LogP contribution in [0.5, 0.6) is 11.5 Å². The molecule has 1 saturated heterocycles. The summed E-state index contributed by atoms with van der Waals surface area (Å²) in [5.41, 5.74) is 1.32. The zero-order valence-corrected chi connectivity index (χ0v) is 17.6. The molecule has 32 heavy (non-hydrogen) atoms. The van der Waals surface area contributed by atoms with Gasteiger partial charge in [0.2, 0.25) is 0 Å². The predicted octanol–water partition coefficient (Wildman–Crippen LogP) is 3.12. The molecule has 1 amide bonds. The number of rotatable bonds is 6. The third-order valence-electron chi connectivity index (χ3n) is 5.26. The van der Waals surface area contributed by atoms with Gasteiger partial charge in [-0.15, -0.1) is 0 Å². The zero-order chi connectivity index (χ0) is 22.7. The number of methoxy groups -OCH3 is 2. The summed E-state index contributed by atoms with van der Waals surface area (Å²) in [6, 6.07) is 12.9. The third-order valence-corrected chi connectivity index (χ3v) is 5.26. The number of ketones is 1. The molecule has 162 valence electrons. The monoisotopic (exact) mass is 431 g/mol. The van der Waals surface area contributed by atoms with E-state index in [9.17, 15) is 14.7 Å². The maximum atomic E-state index is 13.2. The highest BCUT2D eigenvalue weighted by Crippen LogP contribution is 2.43. The Hall–Kier alpha value is -4.20. The maximum absolute atomic E-state index is 13.2. The van der Waals surface area contributed by atoms with Crippen LogP contribution >= 0.6 is 0 Å². The number of carbonyl (C=O) groups is 2. The van der Waals surface area contributed by atoms with Crippen LogP contribution < -0.4 is 9.47 Å². The van der Waals surface area contributed by atoms with Crippen LogP contribution in [0.4, 0.5) is 0 Å². The minimum absolute atomic E-state index is 0.0678. The van der Waals surface area contributed by atoms with E-state index in [1.807, 2.05) is 0 Å². The fraction of sp³-hybridized carbons (Fsp3) is 0.167. The van der Waals surface area contributed by atoms with Gasteiger partial charge in [0.1, 0.15) is 22.8 Å². The number of aromatic nitrogens is 2. The van der Waals surface area contributed by atoms with Crippen molar-refractivity contribution in [2.45, 2.75) is 12.6 Å². The normalized spacial score (nSPS) is 17.4. The van der Waals surface area contributed by atoms with Gasteiger partial charge in [0.15, 0.2) is 0 Å². The molecule has 2 aromatic heterocycles. The number of aliphatic hydroxyl groups excluding tert-OH is 1. The molecule has 3 heterocycles. The molecule has 1 N–H and O–H groups in total. The molecule has 1 aliphatic heterocycles. The van der Waals surface area contributed by atoms with Gasteiger partial charge in [-0.25, -0.2) is 0 Å². The fourth-order valence-electron chi connectivity index (χ4n) is 3.81. The second-order valence-corrected chi connectivity index (χ2v) is 7.07. The number of carbonyl (C=O) groups excluding carboxylic acids is 2. The summed E-state index contributed by atoms with van der Waals surface area (Å²) in [4.78, 5) is 36.0. The van der Waals surface area contributed by atoms with Gasteiger partial charge in [0.25, 0.3) is 11.7 Å². The van der Waals surface area contributed by atoms with E-state index >= 15 is 0 Å². The van der Waals surface area contributed by atoms with E-state index < -0.39 is 17.7 Å². The topological polar surface area (TPSA) is 102 Å². The van der Waals surface area contributed by atoms with E-state index in [-0.39, 0.29) is 23.4 Å². The number of likely N-dealkylation sites (tertiary alicyclic amines) is 1. The highest BCUT2D eigenvalue weighted by Gasteiger charge is 2.46. The van der Waals surface area contributed by atoms with Crippen molar-refractivity contribution in [2.24, 2.45) is 0 Å². The Bertz CT molecular complexity index is 1160. The highest BCUT2D eigenvalue weighted by atomic mass is 16.5. The molecular formula is C24H21N3O5. The number of aliphatic hydroxyl groups is 1. The van der Waals surface area contributed by atoms with Crippen LogP contribution in [0, 0.1) is 0 Å². The lowest BCUT2D eigenvalue weighted by atomic mass is 9.95. The second kappa shape index (κ2) is 8.89. The van der Waals surface area contributed by atoms with Crippen LogP contribution in [0.25, 0.3) is 5.76 Å². The first-order valence-corrected chi connectivity index (χ1v) is 9.86. The Balaban J connectivity index is 1.92. The summed E-state index contributed by atoms with van der Waals surface area (Å²) >= 11 is 0. The summed E-state index contributed by atoms with van der Waals surface area (Å²) in [6.07, 6.45) is 4.77. The number of benzene rings is 1. The molecule has 0 saturated carbocycles. The molecular weight excluding hydrogens is 410 g/mol. The molecule has 1 aromatic carbocycles. The number of hydrogen-bond acceptors (Lipinski definition) is 7. The summed E-state index contributed by atoms with van der Waals surface area (Å²) in [7, 11) is 2.90. The first-order valence-electron chi connectivity index (χ1n) is 9.86. The average Bonchev–Trinajstić information content (AvgIpc) is 3.09. The highest BCUT2D eigenvalue weighted by molar-refractivity contribution is 6.46. The molecule has 0 spiro atoms. The van der Waals surface area contributed by atoms with E-state index in [0.717, 1.165) is 0 Å². The van der Waals surface area contributed by atoms with Crippen molar-refractivity contribution in [3.8, 4) is 11.5 Å². The number of nitrogens with zero attached hydrogens (tertiary/aromatic N) is 3. The van der Waals surface area contributed by atoms with Crippen LogP contribution in [0.3, 0.4) is 0 Å². The van der Waals surface area contributed by atoms with Crippen molar-refractivity contribution in [2.75, 3.05) is 14.2 Å². The molecule has 3 aromatic rings. The van der Waals surface area contributed by atoms with Gasteiger partial charge in [-0.3, -0.25) is 19.6 Å². The third kappa shape index (κ3) is 3.66. The second-order valence-electron chi connectivity index (χ2n) is 7.07. The lowest BCUT2D eigenvalue weighted by Crippen LogP contribution is -2.29. The van der Waals surface area contributed by atoms with Gasteiger partial charge in [-0.05, 0) is 35.9 Å². The van der Waals surface area contributed by atoms with Crippen LogP contribution in [-0.4, -0.2) is 45.9 Å². The Morgan fingerprint density at radius 1 is 1.00 bits per heavy atom. The summed E-state index contributed by atoms with van der Waals surface area (Å²) in [6.45, 7) is 0.0881. The van der Waals surface area contributed by atoms with Crippen molar-refractivity contribution in [3.63, 3.8) is 0 Å². The van der Waals surface area contributed by atoms with E-state index in [1.165, 1.54) is 19.1 Å². The van der Waals surface area contributed by atoms with E-state index in [2.05, 4.69) is 9.97 Å². The molecule has 1 aliphatic rings. The predicted molar refractivity (Wildman–Crippen MR) is 116 cm³/mol. The Morgan fingerprint density at radius 3 is 2.34 bits per heavy atom. The number of Topliss-reactive ketones (excluding diaryl/α,β-unsaturated/α-hetero) is 1. The smallest absolute Gasteiger partial charge is 0.296 e. The molecule has 0 aliphatic carbocycles. The SMILES string of the molecule is COc1cccc(OC)c1/C(O)=C1\C(=O)C(=O)N(Cc2ccccn2)C1c1cccnc1. The Labute approximate surface area is 184 Å². The maximum Gasteiger partial charge on any atom is 0.296 e. The van der Waals surface area contributed by atoms with Crippen LogP contribution in [0.1, 0.15) is 22.9 Å². The van der Waals surface area contributed by atoms with Crippen molar-refractivity contribution >= 4 is 17.4 Å². The largest absolute Gasteiger partial charge is 0.506 e. The van der Waals surface area contributed by atoms with Gasteiger partial charge in [0, 0.05) is 18.6 Å². The average molecular weight is 431 g/mol. The van der Waals surface area contributed by atoms with Crippen LogP contribution in [-0.2, 0) is 16.1 Å². The molecule has 1 atom stereocenters. The summed E-state index contributed by atoms with van der Waals surface area (Å²) in [5, 5.41) is 11.3. The zero-order valence-electron chi connectivity index (χ0n) is 17.6. The van der Waals surface area contributed by atoms with E-state index in [1.54, 1.807) is 67.1 Å². The van der Waals surface area contributed by atoms with Gasteiger partial charge in [0.05, 0.1) is 38.1 Å². The Morgan fingerprint density at radius 2 is 1.75 bits per heavy atom. The minimum Gasteiger partial charge on any atom is -0.506 e. The first-order chi connectivity index (χ1) is 15.6. The summed E-state index contributed by atoms with van der Waals surface area (Å²) in [5.74, 6) is -1.30. The lowest BCUT2D eigenvalue weighted by Gasteiger charge is -2.25. The van der Waals surface area contributed by atoms with Gasteiger partial charge in [-0.2, -0.15) is 0 Å². The number of hydrogen-bond donors (Lipinski definition) is 1. The van der Waals surface area contributed by atoms with E-state index in [0.29, 0.717) is 22.8 Å². The van der Waals surface area contributed by atoms with Gasteiger partial charge in [-0.1, -0.05) is 18.2 Å². The molecule has 1 unspecified atom stereocenters. The van der Waals surface area contributed by atoms with Crippen LogP contribution in [0.15, 0.2) is 72.7 Å². The molecule has 0 bridgehead atoms. The molecule has 4 rings (SSSR count). The molecule has 8 nitrogen and oxygen atoms in total. The molecule has 1 fully saturated rings. The first kappa shape index (κ1) is 21.0. The van der Waals surface area contributed by atoms with Crippen molar-refractivity contribution in [1.82, 2.24) is 14.9 Å². The molecule has 8 heteroatoms. The fourth-order valence-corrected chi connectivity index (χ4v) is 3.81. The minimum atomic E-state index is -0.861. The van der Waals surface area contributed by atoms with Crippen molar-refractivity contribution < 1.29 is 24.2 Å². The lowest BCUT2D eigenvalue weighted by molar-refractivity contribution is -0.140. The van der Waals surface area contributed by atoms with Crippen molar-refractivity contribution in [1.29, 1.82) is 0 Å². The number of pyridine rings is 2. The van der Waals surface area contributed by atoms with Gasteiger partial charge >= 0.3 is 0 Å². The number of ether oxygens (including phenoxy) is 2. The van der Waals surface area contributed by atoms with Crippen molar-refractivity contribution in [3.05, 3.63) is 89.5 Å². The van der Waals surface area contributed by atoms with E-state index in [4.69, 9.17) is 9.47 Å².